The molecule has 0 radical (unpaired) electrons. The molecule has 3 nitrogen and oxygen atoms in total. The summed E-state index contributed by atoms with van der Waals surface area (Å²) < 4.78 is 34.6. The quantitative estimate of drug-likeness (QED) is 0.458. The molecule has 0 N–H and O–H groups in total. The molecule has 0 aliphatic heterocycles. The first-order chi connectivity index (χ1) is 9.04. The molecule has 2 rings (SSSR count). The van der Waals surface area contributed by atoms with Crippen molar-refractivity contribution in [2.24, 2.45) is 0 Å². The van der Waals surface area contributed by atoms with Gasteiger partial charge in [-0.05, 0) is 29.2 Å². The van der Waals surface area contributed by atoms with Gasteiger partial charge in [-0.25, -0.2) is 8.42 Å². The summed E-state index contributed by atoms with van der Waals surface area (Å²) in [6.07, 6.45) is 3.63. The van der Waals surface area contributed by atoms with Crippen LogP contribution in [0, 0.1) is 0 Å². The Morgan fingerprint density at radius 2 is 1.75 bits per heavy atom. The van der Waals surface area contributed by atoms with Gasteiger partial charge in [-0.2, -0.15) is 0 Å². The van der Waals surface area contributed by atoms with Crippen molar-refractivity contribution in [3.63, 3.8) is 0 Å². The smallest absolute Gasteiger partial charge is 0.744 e. The van der Waals surface area contributed by atoms with Crippen molar-refractivity contribution in [3.8, 4) is 0 Å². The van der Waals surface area contributed by atoms with Crippen LogP contribution in [0.5, 0.6) is 0 Å². The number of hydrogen-bond acceptors (Lipinski definition) is 3. The van der Waals surface area contributed by atoms with E-state index in [9.17, 15) is 13.0 Å². The first-order valence-corrected chi connectivity index (χ1v) is 7.91. The van der Waals surface area contributed by atoms with Crippen LogP contribution < -0.4 is 29.6 Å². The maximum atomic E-state index is 11.5. The van der Waals surface area contributed by atoms with E-state index >= 15 is 0 Å². The summed E-state index contributed by atoms with van der Waals surface area (Å²) in [5.41, 5.74) is 0.641. The molecular formula is C15H17NaO3S. The van der Waals surface area contributed by atoms with Crippen LogP contribution in [0.4, 0.5) is 0 Å². The first kappa shape index (κ1) is 17.7. The third-order valence-electron chi connectivity index (χ3n) is 3.26. The molecule has 0 saturated carbocycles. The van der Waals surface area contributed by atoms with Crippen LogP contribution in [0.25, 0.3) is 10.8 Å². The Hall–Kier alpha value is -0.390. The van der Waals surface area contributed by atoms with Crippen molar-refractivity contribution in [2.75, 3.05) is 0 Å². The van der Waals surface area contributed by atoms with Crippen LogP contribution in [-0.2, 0) is 16.5 Å². The Morgan fingerprint density at radius 3 is 2.40 bits per heavy atom. The standard InChI is InChI=1S/C15H18O3S.Na/c1-2-3-4-8-13-11-10-12-7-5-6-9-14(12)15(13)19(16,17)18;/h5-7,9-11H,2-4,8H2,1H3,(H,16,17,18);/q;+1/p-1. The van der Waals surface area contributed by atoms with Crippen molar-refractivity contribution < 1.29 is 42.5 Å². The van der Waals surface area contributed by atoms with Gasteiger partial charge in [0.2, 0.25) is 0 Å². The number of benzene rings is 2. The average molecular weight is 300 g/mol. The van der Waals surface area contributed by atoms with E-state index in [1.165, 1.54) is 0 Å². The fraction of sp³-hybridized carbons (Fsp3) is 0.333. The molecule has 0 atom stereocenters. The molecule has 0 bridgehead atoms. The van der Waals surface area contributed by atoms with Crippen molar-refractivity contribution >= 4 is 20.9 Å². The number of aryl methyl sites for hydroxylation is 1. The Kier molecular flexibility index (Phi) is 6.69. The third-order valence-corrected chi connectivity index (χ3v) is 4.24. The Morgan fingerprint density at radius 1 is 1.05 bits per heavy atom. The molecule has 0 saturated heterocycles. The monoisotopic (exact) mass is 300 g/mol. The van der Waals surface area contributed by atoms with Crippen LogP contribution in [0.3, 0.4) is 0 Å². The van der Waals surface area contributed by atoms with E-state index in [2.05, 4.69) is 6.92 Å². The summed E-state index contributed by atoms with van der Waals surface area (Å²) >= 11 is 0. The van der Waals surface area contributed by atoms with Gasteiger partial charge in [-0.3, -0.25) is 0 Å². The summed E-state index contributed by atoms with van der Waals surface area (Å²) in [6.45, 7) is 2.09. The molecule has 0 aromatic heterocycles. The van der Waals surface area contributed by atoms with E-state index in [0.717, 1.165) is 24.6 Å². The van der Waals surface area contributed by atoms with E-state index in [4.69, 9.17) is 0 Å². The van der Waals surface area contributed by atoms with Gasteiger partial charge in [0.05, 0.1) is 4.90 Å². The van der Waals surface area contributed by atoms with Gasteiger partial charge < -0.3 is 4.55 Å². The minimum Gasteiger partial charge on any atom is -0.744 e. The van der Waals surface area contributed by atoms with Gasteiger partial charge in [-0.15, -0.1) is 0 Å². The van der Waals surface area contributed by atoms with Crippen LogP contribution in [0.1, 0.15) is 31.7 Å². The Bertz CT molecular complexity index is 681. The molecule has 2 aromatic carbocycles. The number of unbranched alkanes of at least 4 members (excludes halogenated alkanes) is 2. The molecular weight excluding hydrogens is 283 g/mol. The van der Waals surface area contributed by atoms with Gasteiger partial charge in [-0.1, -0.05) is 56.2 Å². The second-order valence-corrected chi connectivity index (χ2v) is 6.00. The van der Waals surface area contributed by atoms with Gasteiger partial charge in [0.15, 0.2) is 0 Å². The zero-order valence-corrected chi connectivity index (χ0v) is 14.7. The zero-order chi connectivity index (χ0) is 13.9. The van der Waals surface area contributed by atoms with Crippen LogP contribution in [0.15, 0.2) is 41.3 Å². The predicted molar refractivity (Wildman–Crippen MR) is 75.1 cm³/mol. The molecule has 0 unspecified atom stereocenters. The molecule has 2 aromatic rings. The summed E-state index contributed by atoms with van der Waals surface area (Å²) in [6, 6.07) is 10.8. The number of rotatable bonds is 5. The molecule has 0 fully saturated rings. The van der Waals surface area contributed by atoms with E-state index in [1.807, 2.05) is 18.2 Å². The first-order valence-electron chi connectivity index (χ1n) is 6.50. The molecule has 0 heterocycles. The van der Waals surface area contributed by atoms with Crippen molar-refractivity contribution in [3.05, 3.63) is 42.0 Å². The van der Waals surface area contributed by atoms with E-state index < -0.39 is 10.1 Å². The Balaban J connectivity index is 0.00000200. The van der Waals surface area contributed by atoms with Crippen LogP contribution in [-0.4, -0.2) is 13.0 Å². The second-order valence-electron chi connectivity index (χ2n) is 4.69. The van der Waals surface area contributed by atoms with Gasteiger partial charge >= 0.3 is 29.6 Å². The largest absolute Gasteiger partial charge is 1.00 e. The molecule has 102 valence electrons. The summed E-state index contributed by atoms with van der Waals surface area (Å²) in [4.78, 5) is -0.0401. The minimum absolute atomic E-state index is 0. The number of hydrogen-bond donors (Lipinski definition) is 0. The van der Waals surface area contributed by atoms with Crippen LogP contribution >= 0.6 is 0 Å². The summed E-state index contributed by atoms with van der Waals surface area (Å²) in [5, 5.41) is 1.32. The van der Waals surface area contributed by atoms with Gasteiger partial charge in [0.25, 0.3) is 0 Å². The van der Waals surface area contributed by atoms with Gasteiger partial charge in [0, 0.05) is 0 Å². The fourth-order valence-corrected chi connectivity index (χ4v) is 3.29. The molecule has 0 amide bonds. The Labute approximate surface area is 142 Å². The molecule has 0 aliphatic rings. The third kappa shape index (κ3) is 4.06. The molecule has 0 aliphatic carbocycles. The van der Waals surface area contributed by atoms with Crippen molar-refractivity contribution in [1.29, 1.82) is 0 Å². The number of fused-ring (bicyclic) bond motifs is 1. The summed E-state index contributed by atoms with van der Waals surface area (Å²) in [5.74, 6) is 0. The normalized spacial score (nSPS) is 11.3. The summed E-state index contributed by atoms with van der Waals surface area (Å²) in [7, 11) is -4.45. The molecule has 0 spiro atoms. The SMILES string of the molecule is CCCCCc1ccc2ccccc2c1S(=O)(=O)[O-].[Na+]. The van der Waals surface area contributed by atoms with E-state index in [1.54, 1.807) is 18.2 Å². The zero-order valence-electron chi connectivity index (χ0n) is 11.9. The molecule has 5 heteroatoms. The second kappa shape index (κ2) is 7.57. The topological polar surface area (TPSA) is 57.2 Å². The van der Waals surface area contributed by atoms with Crippen molar-refractivity contribution in [1.82, 2.24) is 0 Å². The predicted octanol–water partition coefficient (Wildman–Crippen LogP) is 0.481. The molecule has 20 heavy (non-hydrogen) atoms. The minimum atomic E-state index is -4.45. The maximum Gasteiger partial charge on any atom is 1.00 e. The van der Waals surface area contributed by atoms with E-state index in [0.29, 0.717) is 17.4 Å². The van der Waals surface area contributed by atoms with Crippen molar-refractivity contribution in [2.45, 2.75) is 37.5 Å². The van der Waals surface area contributed by atoms with Crippen LogP contribution in [0.2, 0.25) is 0 Å². The fourth-order valence-electron chi connectivity index (χ4n) is 2.35. The maximum absolute atomic E-state index is 11.5. The average Bonchev–Trinajstić information content (AvgIpc) is 2.37. The van der Waals surface area contributed by atoms with E-state index in [-0.39, 0.29) is 34.5 Å². The van der Waals surface area contributed by atoms with Gasteiger partial charge in [0.1, 0.15) is 10.1 Å².